The SMILES string of the molecule is C[C@@H](NC(=O)C1CC(=O)NC(Cc2cccnc2)N1)c1ccc(C(F)(F)F)cc1. The van der Waals surface area contributed by atoms with Gasteiger partial charge in [-0.1, -0.05) is 18.2 Å². The minimum Gasteiger partial charge on any atom is -0.348 e. The third-order valence-corrected chi connectivity index (χ3v) is 4.70. The number of amides is 2. The number of aromatic nitrogens is 1. The van der Waals surface area contributed by atoms with Crippen molar-refractivity contribution < 1.29 is 22.8 Å². The monoisotopic (exact) mass is 406 g/mol. The number of carbonyl (C=O) groups is 2. The van der Waals surface area contributed by atoms with Gasteiger partial charge < -0.3 is 10.6 Å². The van der Waals surface area contributed by atoms with Gasteiger partial charge in [0.2, 0.25) is 11.8 Å². The molecule has 0 spiro atoms. The Morgan fingerprint density at radius 3 is 2.62 bits per heavy atom. The summed E-state index contributed by atoms with van der Waals surface area (Å²) in [5, 5.41) is 8.64. The van der Waals surface area contributed by atoms with Gasteiger partial charge in [0.1, 0.15) is 0 Å². The molecule has 1 fully saturated rings. The Labute approximate surface area is 165 Å². The summed E-state index contributed by atoms with van der Waals surface area (Å²) in [7, 11) is 0. The van der Waals surface area contributed by atoms with Crippen LogP contribution in [0.15, 0.2) is 48.8 Å². The Balaban J connectivity index is 1.60. The number of hydrogen-bond donors (Lipinski definition) is 3. The number of pyridine rings is 1. The first-order chi connectivity index (χ1) is 13.7. The predicted octanol–water partition coefficient (Wildman–Crippen LogP) is 2.32. The van der Waals surface area contributed by atoms with Crippen molar-refractivity contribution in [2.24, 2.45) is 0 Å². The molecule has 0 aliphatic carbocycles. The van der Waals surface area contributed by atoms with Gasteiger partial charge in [0.05, 0.1) is 30.2 Å². The van der Waals surface area contributed by atoms with Gasteiger partial charge in [-0.25, -0.2) is 0 Å². The fraction of sp³-hybridized carbons (Fsp3) is 0.350. The van der Waals surface area contributed by atoms with Crippen LogP contribution in [-0.2, 0) is 22.2 Å². The number of hydrogen-bond acceptors (Lipinski definition) is 4. The van der Waals surface area contributed by atoms with Crippen LogP contribution in [0.3, 0.4) is 0 Å². The number of nitrogens with one attached hydrogen (secondary N) is 3. The molecule has 9 heteroatoms. The molecule has 154 valence electrons. The van der Waals surface area contributed by atoms with Crippen LogP contribution in [0.1, 0.15) is 36.1 Å². The number of nitrogens with zero attached hydrogens (tertiary/aromatic N) is 1. The molecule has 2 aromatic rings. The van der Waals surface area contributed by atoms with Crippen molar-refractivity contribution in [3.05, 3.63) is 65.5 Å². The molecule has 0 bridgehead atoms. The predicted molar refractivity (Wildman–Crippen MR) is 99.4 cm³/mol. The van der Waals surface area contributed by atoms with Crippen molar-refractivity contribution in [1.82, 2.24) is 20.9 Å². The fourth-order valence-corrected chi connectivity index (χ4v) is 3.17. The average Bonchev–Trinajstić information content (AvgIpc) is 2.67. The molecule has 3 N–H and O–H groups in total. The maximum absolute atomic E-state index is 12.7. The van der Waals surface area contributed by atoms with Crippen molar-refractivity contribution in [3.63, 3.8) is 0 Å². The van der Waals surface area contributed by atoms with Crippen molar-refractivity contribution in [3.8, 4) is 0 Å². The number of rotatable bonds is 5. The van der Waals surface area contributed by atoms with E-state index in [4.69, 9.17) is 0 Å². The normalized spacial score (nSPS) is 20.6. The maximum Gasteiger partial charge on any atom is 0.416 e. The second kappa shape index (κ2) is 8.60. The van der Waals surface area contributed by atoms with Gasteiger partial charge in [-0.3, -0.25) is 19.9 Å². The molecule has 0 saturated carbocycles. The fourth-order valence-electron chi connectivity index (χ4n) is 3.17. The van der Waals surface area contributed by atoms with E-state index in [1.54, 1.807) is 25.4 Å². The molecule has 3 rings (SSSR count). The summed E-state index contributed by atoms with van der Waals surface area (Å²) in [6, 6.07) is 7.05. The highest BCUT2D eigenvalue weighted by molar-refractivity contribution is 5.89. The van der Waals surface area contributed by atoms with Gasteiger partial charge >= 0.3 is 6.18 Å². The molecule has 1 aromatic carbocycles. The molecule has 1 aliphatic rings. The largest absolute Gasteiger partial charge is 0.416 e. The van der Waals surface area contributed by atoms with E-state index >= 15 is 0 Å². The lowest BCUT2D eigenvalue weighted by molar-refractivity contribution is -0.137. The van der Waals surface area contributed by atoms with Crippen LogP contribution in [0.25, 0.3) is 0 Å². The molecule has 2 amide bonds. The first-order valence-electron chi connectivity index (χ1n) is 9.14. The zero-order valence-corrected chi connectivity index (χ0v) is 15.7. The van der Waals surface area contributed by atoms with Crippen LogP contribution < -0.4 is 16.0 Å². The highest BCUT2D eigenvalue weighted by atomic mass is 19.4. The summed E-state index contributed by atoms with van der Waals surface area (Å²) in [4.78, 5) is 28.6. The lowest BCUT2D eigenvalue weighted by atomic mass is 10.0. The van der Waals surface area contributed by atoms with Crippen LogP contribution in [0, 0.1) is 0 Å². The molecule has 2 unspecified atom stereocenters. The number of benzene rings is 1. The van der Waals surface area contributed by atoms with Gasteiger partial charge in [-0.2, -0.15) is 13.2 Å². The van der Waals surface area contributed by atoms with Gasteiger partial charge in [0.15, 0.2) is 0 Å². The molecular weight excluding hydrogens is 385 g/mol. The van der Waals surface area contributed by atoms with E-state index in [0.717, 1.165) is 17.7 Å². The Kier molecular flexibility index (Phi) is 6.17. The van der Waals surface area contributed by atoms with E-state index in [2.05, 4.69) is 20.9 Å². The molecular formula is C20H21F3N4O2. The zero-order valence-electron chi connectivity index (χ0n) is 15.7. The van der Waals surface area contributed by atoms with E-state index in [9.17, 15) is 22.8 Å². The van der Waals surface area contributed by atoms with Gasteiger partial charge in [0.25, 0.3) is 0 Å². The average molecular weight is 406 g/mol. The van der Waals surface area contributed by atoms with Crippen LogP contribution in [0.4, 0.5) is 13.2 Å². The summed E-state index contributed by atoms with van der Waals surface area (Å²) < 4.78 is 38.1. The van der Waals surface area contributed by atoms with Crippen molar-refractivity contribution in [2.45, 2.75) is 44.2 Å². The van der Waals surface area contributed by atoms with Gasteiger partial charge in [-0.15, -0.1) is 0 Å². The van der Waals surface area contributed by atoms with E-state index in [1.165, 1.54) is 12.1 Å². The molecule has 1 aromatic heterocycles. The Morgan fingerprint density at radius 2 is 2.00 bits per heavy atom. The van der Waals surface area contributed by atoms with E-state index in [0.29, 0.717) is 12.0 Å². The summed E-state index contributed by atoms with van der Waals surface area (Å²) >= 11 is 0. The van der Waals surface area contributed by atoms with Crippen molar-refractivity contribution in [2.75, 3.05) is 0 Å². The van der Waals surface area contributed by atoms with E-state index in [1.807, 2.05) is 6.07 Å². The Hall–Kier alpha value is -2.94. The molecule has 0 radical (unpaired) electrons. The van der Waals surface area contributed by atoms with Crippen LogP contribution in [0.5, 0.6) is 0 Å². The second-order valence-corrected chi connectivity index (χ2v) is 6.96. The Bertz CT molecular complexity index is 856. The molecule has 2 heterocycles. The molecule has 1 aliphatic heterocycles. The first kappa shape index (κ1) is 20.8. The summed E-state index contributed by atoms with van der Waals surface area (Å²) in [6.45, 7) is 1.68. The standard InChI is InChI=1S/C20H21F3N4O2/c1-12(14-4-6-15(7-5-14)20(21,22)23)25-19(29)16-10-18(28)27-17(26-16)9-13-3-2-8-24-11-13/h2-8,11-12,16-17,26H,9-10H2,1H3,(H,25,29)(H,27,28)/t12-,16?,17?/m1/s1. The van der Waals surface area contributed by atoms with Crippen LogP contribution in [-0.4, -0.2) is 29.0 Å². The first-order valence-corrected chi connectivity index (χ1v) is 9.14. The Morgan fingerprint density at radius 1 is 1.28 bits per heavy atom. The molecule has 3 atom stereocenters. The lowest BCUT2D eigenvalue weighted by Gasteiger charge is -2.31. The smallest absolute Gasteiger partial charge is 0.348 e. The molecule has 29 heavy (non-hydrogen) atoms. The topological polar surface area (TPSA) is 83.1 Å². The van der Waals surface area contributed by atoms with Gasteiger partial charge in [0, 0.05) is 18.8 Å². The van der Waals surface area contributed by atoms with Crippen LogP contribution in [0.2, 0.25) is 0 Å². The highest BCUT2D eigenvalue weighted by Crippen LogP contribution is 2.29. The lowest BCUT2D eigenvalue weighted by Crippen LogP contribution is -2.61. The minimum absolute atomic E-state index is 0.0187. The highest BCUT2D eigenvalue weighted by Gasteiger charge is 2.32. The maximum atomic E-state index is 12.7. The number of carbonyl (C=O) groups excluding carboxylic acids is 2. The van der Waals surface area contributed by atoms with Gasteiger partial charge in [-0.05, 0) is 36.2 Å². The summed E-state index contributed by atoms with van der Waals surface area (Å²) in [6.07, 6.45) is -1.04. The minimum atomic E-state index is -4.41. The summed E-state index contributed by atoms with van der Waals surface area (Å²) in [5.41, 5.74) is 0.701. The van der Waals surface area contributed by atoms with Crippen LogP contribution >= 0.6 is 0 Å². The number of alkyl halides is 3. The van der Waals surface area contributed by atoms with E-state index in [-0.39, 0.29) is 18.2 Å². The van der Waals surface area contributed by atoms with E-state index < -0.39 is 30.0 Å². The third kappa shape index (κ3) is 5.54. The summed E-state index contributed by atoms with van der Waals surface area (Å²) in [5.74, 6) is -0.636. The molecule has 6 nitrogen and oxygen atoms in total. The third-order valence-electron chi connectivity index (χ3n) is 4.70. The quantitative estimate of drug-likeness (QED) is 0.712. The van der Waals surface area contributed by atoms with Crippen molar-refractivity contribution >= 4 is 11.8 Å². The van der Waals surface area contributed by atoms with Crippen molar-refractivity contribution in [1.29, 1.82) is 0 Å². The second-order valence-electron chi connectivity index (χ2n) is 6.96. The zero-order chi connectivity index (χ0) is 21.0. The number of halogens is 3. The molecule has 1 saturated heterocycles.